The average Bonchev–Trinajstić information content (AvgIpc) is 3.31. The highest BCUT2D eigenvalue weighted by molar-refractivity contribution is 6.41. The lowest BCUT2D eigenvalue weighted by Gasteiger charge is -2.16. The number of fused-ring (bicyclic) bond motifs is 1. The van der Waals surface area contributed by atoms with Crippen LogP contribution >= 0.6 is 23.2 Å². The Kier molecular flexibility index (Phi) is 7.93. The first-order valence-electron chi connectivity index (χ1n) is 10.8. The van der Waals surface area contributed by atoms with Crippen molar-refractivity contribution in [2.45, 2.75) is 6.54 Å². The number of amides is 1. The van der Waals surface area contributed by atoms with Gasteiger partial charge in [0.2, 0.25) is 5.95 Å². The summed E-state index contributed by atoms with van der Waals surface area (Å²) in [5, 5.41) is 11.9. The molecule has 0 aliphatic rings. The summed E-state index contributed by atoms with van der Waals surface area (Å²) >= 11 is 13.2. The van der Waals surface area contributed by atoms with Gasteiger partial charge < -0.3 is 19.2 Å². The zero-order valence-electron chi connectivity index (χ0n) is 20.0. The van der Waals surface area contributed by atoms with Crippen LogP contribution in [-0.2, 0) is 6.54 Å². The van der Waals surface area contributed by atoms with Crippen LogP contribution in [0, 0.1) is 11.3 Å². The summed E-state index contributed by atoms with van der Waals surface area (Å²) in [5.74, 6) is 1.09. The first-order valence-corrected chi connectivity index (χ1v) is 11.5. The number of H-pyrrole nitrogens is 1. The number of nitrogens with zero attached hydrogens (tertiary/aromatic N) is 5. The van der Waals surface area contributed by atoms with Gasteiger partial charge >= 0.3 is 6.09 Å². The van der Waals surface area contributed by atoms with Crippen LogP contribution in [0.1, 0.15) is 5.69 Å². The second kappa shape index (κ2) is 11.3. The second-order valence-electron chi connectivity index (χ2n) is 7.73. The number of carbonyl (C=O) groups is 1. The van der Waals surface area contributed by atoms with Gasteiger partial charge in [0, 0.05) is 42.3 Å². The molecule has 2 aromatic heterocycles. The number of nitriles is 1. The van der Waals surface area contributed by atoms with Crippen LogP contribution in [-0.4, -0.2) is 58.7 Å². The van der Waals surface area contributed by atoms with Gasteiger partial charge in [-0.2, -0.15) is 5.26 Å². The van der Waals surface area contributed by atoms with Crippen molar-refractivity contribution in [1.82, 2.24) is 24.8 Å². The Morgan fingerprint density at radius 2 is 1.78 bits per heavy atom. The molecule has 4 aromatic rings. The van der Waals surface area contributed by atoms with Gasteiger partial charge in [-0.25, -0.2) is 14.8 Å². The van der Waals surface area contributed by atoms with Gasteiger partial charge in [-0.1, -0.05) is 23.2 Å². The van der Waals surface area contributed by atoms with Gasteiger partial charge in [-0.15, -0.1) is 0 Å². The highest BCUT2D eigenvalue weighted by Gasteiger charge is 2.23. The van der Waals surface area contributed by atoms with Crippen LogP contribution in [0.15, 0.2) is 36.8 Å². The molecule has 0 unspecified atom stereocenters. The van der Waals surface area contributed by atoms with E-state index >= 15 is 0 Å². The van der Waals surface area contributed by atoms with E-state index in [0.29, 0.717) is 45.9 Å². The van der Waals surface area contributed by atoms with E-state index in [1.807, 2.05) is 0 Å². The van der Waals surface area contributed by atoms with E-state index in [1.165, 1.54) is 26.6 Å². The molecule has 2 N–H and O–H groups in total. The lowest BCUT2D eigenvalue weighted by molar-refractivity contribution is 0.215. The summed E-state index contributed by atoms with van der Waals surface area (Å²) in [6.45, 7) is 0.684. The van der Waals surface area contributed by atoms with E-state index in [4.69, 9.17) is 42.7 Å². The molecule has 13 heteroatoms. The van der Waals surface area contributed by atoms with Gasteiger partial charge in [-0.3, -0.25) is 15.2 Å². The third kappa shape index (κ3) is 5.51. The maximum Gasteiger partial charge on any atom is 0.419 e. The zero-order valence-corrected chi connectivity index (χ0v) is 21.5. The number of methoxy groups -OCH3 is 2. The van der Waals surface area contributed by atoms with Gasteiger partial charge in [0.25, 0.3) is 0 Å². The maximum absolute atomic E-state index is 12.6. The first kappa shape index (κ1) is 26.0. The fraction of sp³-hybridized carbons (Fsp3) is 0.208. The minimum absolute atomic E-state index is 0.159. The fourth-order valence-electron chi connectivity index (χ4n) is 3.62. The molecule has 2 heterocycles. The number of aromatic amines is 1. The van der Waals surface area contributed by atoms with E-state index < -0.39 is 6.09 Å². The molecular formula is C24H21Cl2N7O4. The molecule has 1 amide bonds. The molecule has 0 spiro atoms. The number of imidazole rings is 1. The number of halogens is 2. The summed E-state index contributed by atoms with van der Waals surface area (Å²) in [5.41, 5.74) is 2.33. The summed E-state index contributed by atoms with van der Waals surface area (Å²) in [6, 6.07) is 6.88. The minimum Gasteiger partial charge on any atom is -0.495 e. The molecule has 4 rings (SSSR count). The van der Waals surface area contributed by atoms with Gasteiger partial charge in [0.15, 0.2) is 5.75 Å². The first-order chi connectivity index (χ1) is 17.9. The quantitative estimate of drug-likeness (QED) is 0.298. The molecule has 190 valence electrons. The molecule has 0 radical (unpaired) electrons. The Morgan fingerprint density at radius 1 is 1.11 bits per heavy atom. The normalized spacial score (nSPS) is 10.8. The monoisotopic (exact) mass is 541 g/mol. The molecule has 37 heavy (non-hydrogen) atoms. The lowest BCUT2D eigenvalue weighted by Crippen LogP contribution is -2.19. The Bertz CT molecular complexity index is 1470. The second-order valence-corrected chi connectivity index (χ2v) is 8.49. The van der Waals surface area contributed by atoms with Crippen molar-refractivity contribution in [3.05, 3.63) is 52.5 Å². The SMILES string of the molecule is COc1cc(OC)c(Cl)c(-c2ccc(OC(=O)Nc3nc(CN(C)CC#N)c[nH]3)c3nccnc23)c1Cl. The average molecular weight is 542 g/mol. The zero-order chi connectivity index (χ0) is 26.5. The molecule has 2 aromatic carbocycles. The number of nitrogens with one attached hydrogen (secondary N) is 2. The predicted molar refractivity (Wildman–Crippen MR) is 138 cm³/mol. The molecule has 0 saturated carbocycles. The molecule has 0 bridgehead atoms. The minimum atomic E-state index is -0.787. The Balaban J connectivity index is 1.63. The number of aromatic nitrogens is 4. The van der Waals surface area contributed by atoms with Crippen LogP contribution in [0.5, 0.6) is 17.2 Å². The number of benzene rings is 2. The van der Waals surface area contributed by atoms with Crippen LogP contribution in [0.2, 0.25) is 10.0 Å². The Hall–Kier alpha value is -4.11. The van der Waals surface area contributed by atoms with E-state index in [0.717, 1.165) is 0 Å². The number of carbonyl (C=O) groups excluding carboxylic acids is 1. The van der Waals surface area contributed by atoms with Crippen LogP contribution in [0.25, 0.3) is 22.2 Å². The lowest BCUT2D eigenvalue weighted by atomic mass is 10.0. The molecule has 11 nitrogen and oxygen atoms in total. The third-order valence-corrected chi connectivity index (χ3v) is 6.01. The molecule has 0 aliphatic heterocycles. The fourth-order valence-corrected chi connectivity index (χ4v) is 4.32. The maximum atomic E-state index is 12.6. The molecular weight excluding hydrogens is 521 g/mol. The van der Waals surface area contributed by atoms with Crippen molar-refractivity contribution >= 4 is 46.3 Å². The smallest absolute Gasteiger partial charge is 0.419 e. The molecule has 0 fully saturated rings. The van der Waals surface area contributed by atoms with Gasteiger partial charge in [0.05, 0.1) is 42.6 Å². The highest BCUT2D eigenvalue weighted by Crippen LogP contribution is 2.47. The van der Waals surface area contributed by atoms with Gasteiger partial charge in [-0.05, 0) is 19.2 Å². The van der Waals surface area contributed by atoms with Crippen molar-refractivity contribution in [2.24, 2.45) is 0 Å². The highest BCUT2D eigenvalue weighted by atomic mass is 35.5. The number of hydrogen-bond acceptors (Lipinski definition) is 9. The summed E-state index contributed by atoms with van der Waals surface area (Å²) in [6.07, 6.45) is 3.82. The van der Waals surface area contributed by atoms with Crippen LogP contribution in [0.3, 0.4) is 0 Å². The molecule has 0 atom stereocenters. The van der Waals surface area contributed by atoms with E-state index in [2.05, 4.69) is 31.3 Å². The number of rotatable bonds is 8. The van der Waals surface area contributed by atoms with Crippen LogP contribution < -0.4 is 19.5 Å². The number of ether oxygens (including phenoxy) is 3. The number of anilines is 1. The standard InChI is InChI=1S/C24H21Cl2N7O4/c1-33(9-6-27)12-13-11-30-23(31-13)32-24(34)37-15-5-4-14(21-22(15)29-8-7-28-21)18-19(25)16(35-2)10-17(36-3)20(18)26/h4-5,7-8,10-11H,9,12H2,1-3H3,(H2,30,31,32,34). The Morgan fingerprint density at radius 3 is 2.43 bits per heavy atom. The molecule has 0 aliphatic carbocycles. The summed E-state index contributed by atoms with van der Waals surface area (Å²) in [7, 11) is 4.76. The number of hydrogen-bond donors (Lipinski definition) is 2. The topological polar surface area (TPSA) is 138 Å². The van der Waals surface area contributed by atoms with Gasteiger partial charge in [0.1, 0.15) is 22.5 Å². The summed E-state index contributed by atoms with van der Waals surface area (Å²) < 4.78 is 16.3. The molecule has 0 saturated heterocycles. The largest absolute Gasteiger partial charge is 0.495 e. The van der Waals surface area contributed by atoms with Crippen molar-refractivity contribution < 1.29 is 19.0 Å². The van der Waals surface area contributed by atoms with E-state index in [-0.39, 0.29) is 28.3 Å². The summed E-state index contributed by atoms with van der Waals surface area (Å²) in [4.78, 5) is 30.3. The van der Waals surface area contributed by atoms with Crippen molar-refractivity contribution in [3.63, 3.8) is 0 Å². The van der Waals surface area contributed by atoms with E-state index in [9.17, 15) is 4.79 Å². The van der Waals surface area contributed by atoms with E-state index in [1.54, 1.807) is 36.3 Å². The third-order valence-electron chi connectivity index (χ3n) is 5.26. The van der Waals surface area contributed by atoms with Crippen molar-refractivity contribution in [2.75, 3.05) is 33.1 Å². The van der Waals surface area contributed by atoms with Crippen molar-refractivity contribution in [3.8, 4) is 34.4 Å². The predicted octanol–water partition coefficient (Wildman–Crippen LogP) is 4.91. The van der Waals surface area contributed by atoms with Crippen molar-refractivity contribution in [1.29, 1.82) is 5.26 Å². The Labute approximate surface area is 221 Å². The van der Waals surface area contributed by atoms with Crippen LogP contribution in [0.4, 0.5) is 10.7 Å².